The molecule has 0 bridgehead atoms. The molecule has 0 saturated carbocycles. The van der Waals surface area contributed by atoms with Crippen LogP contribution in [0.4, 0.5) is 0 Å². The zero-order valence-electron chi connectivity index (χ0n) is 34.2. The summed E-state index contributed by atoms with van der Waals surface area (Å²) in [6.45, 7) is 12.7. The zero-order valence-corrected chi connectivity index (χ0v) is 34.2. The second-order valence-corrected chi connectivity index (χ2v) is 14.7. The fourth-order valence-corrected chi connectivity index (χ4v) is 8.17. The summed E-state index contributed by atoms with van der Waals surface area (Å²) in [6.07, 6.45) is 18.5. The van der Waals surface area contributed by atoms with Crippen LogP contribution >= 0.6 is 0 Å². The van der Waals surface area contributed by atoms with E-state index in [-0.39, 0.29) is 0 Å². The second-order valence-electron chi connectivity index (χ2n) is 14.7. The first-order valence-corrected chi connectivity index (χ1v) is 20.3. The van der Waals surface area contributed by atoms with Gasteiger partial charge in [0.2, 0.25) is 0 Å². The molecule has 3 heteroatoms. The molecule has 60 heavy (non-hydrogen) atoms. The molecule has 0 aliphatic heterocycles. The Morgan fingerprint density at radius 2 is 1.13 bits per heavy atom. The van der Waals surface area contributed by atoms with Gasteiger partial charge in [0, 0.05) is 13.2 Å². The number of benzene rings is 8. The number of aliphatic imine (C=N–C) groups is 2. The number of rotatable bonds is 8. The first-order valence-electron chi connectivity index (χ1n) is 20.3. The predicted octanol–water partition coefficient (Wildman–Crippen LogP) is 15.2. The number of hydrogen-bond acceptors (Lipinski definition) is 2. The molecule has 0 heterocycles. The van der Waals surface area contributed by atoms with E-state index in [2.05, 4.69) is 200 Å². The number of likely N-dealkylation sites (N-methyl/N-ethyl adjacent to an activating group) is 1. The third-order valence-corrected chi connectivity index (χ3v) is 11.1. The van der Waals surface area contributed by atoms with Crippen molar-refractivity contribution in [1.82, 2.24) is 4.90 Å². The second kappa shape index (κ2) is 17.9. The Balaban J connectivity index is 0.000000286. The zero-order chi connectivity index (χ0) is 41.4. The highest BCUT2D eigenvalue weighted by atomic mass is 15.2. The van der Waals surface area contributed by atoms with E-state index in [4.69, 9.17) is 0 Å². The van der Waals surface area contributed by atoms with E-state index in [0.29, 0.717) is 11.7 Å². The molecule has 0 N–H and O–H groups in total. The van der Waals surface area contributed by atoms with Crippen molar-refractivity contribution in [3.05, 3.63) is 224 Å². The SMILES string of the molecule is C1=CCc2c(c(-c3ccc4ccccc4c3)c3cc(-c4ccc5ccccc5c4)ccc3c2-c2ccc3ccccc3c2)C=C1.C=C/C=C(\N=C)N(C)C(C=C)=N/C=C\C. The van der Waals surface area contributed by atoms with Gasteiger partial charge in [-0.15, -0.1) is 0 Å². The molecule has 0 radical (unpaired) electrons. The lowest BCUT2D eigenvalue weighted by Gasteiger charge is -2.22. The van der Waals surface area contributed by atoms with Gasteiger partial charge in [-0.1, -0.05) is 171 Å². The van der Waals surface area contributed by atoms with E-state index in [0.717, 1.165) is 6.42 Å². The highest BCUT2D eigenvalue weighted by Crippen LogP contribution is 2.46. The Labute approximate surface area is 353 Å². The van der Waals surface area contributed by atoms with Crippen molar-refractivity contribution in [2.45, 2.75) is 13.3 Å². The minimum absolute atomic E-state index is 0.674. The standard InChI is InChI=1S/C45H30.C12H17N3/c1-2-16-40-41(17-3-1)45(39-23-20-32-12-6-9-15-35(32)28-39)43-29-37(36-21-18-30-10-4-7-13-33(30)26-36)24-25-42(43)44(40)38-22-19-31-11-5-8-14-34(31)27-38;1-6-9-12(13-4)15(5)11(8-3)14-10-7-2/h1-15,17-29H,16H2;6-10H,1,3-4H2,2,5H3/b;10-7-,12-9+,14-11?. The topological polar surface area (TPSA) is 28.0 Å². The molecular weight excluding hydrogens is 727 g/mol. The fourth-order valence-electron chi connectivity index (χ4n) is 8.17. The van der Waals surface area contributed by atoms with Crippen LogP contribution in [0.25, 0.3) is 82.5 Å². The van der Waals surface area contributed by atoms with E-state index in [1.54, 1.807) is 29.3 Å². The third kappa shape index (κ3) is 7.94. The van der Waals surface area contributed by atoms with Gasteiger partial charge in [-0.3, -0.25) is 0 Å². The molecular formula is C57H47N3. The Bertz CT molecular complexity index is 3100. The number of amidine groups is 1. The van der Waals surface area contributed by atoms with E-state index >= 15 is 0 Å². The molecule has 0 amide bonds. The van der Waals surface area contributed by atoms with Gasteiger partial charge in [0.15, 0.2) is 0 Å². The van der Waals surface area contributed by atoms with Gasteiger partial charge in [-0.05, 0) is 144 Å². The maximum absolute atomic E-state index is 4.19. The first kappa shape index (κ1) is 39.2. The van der Waals surface area contributed by atoms with E-state index < -0.39 is 0 Å². The maximum Gasteiger partial charge on any atom is 0.133 e. The summed E-state index contributed by atoms with van der Waals surface area (Å²) in [6, 6.07) is 53.8. The van der Waals surface area contributed by atoms with Crippen LogP contribution in [-0.2, 0) is 6.42 Å². The lowest BCUT2D eigenvalue weighted by Crippen LogP contribution is -2.23. The number of hydrogen-bond donors (Lipinski definition) is 0. The molecule has 0 fully saturated rings. The molecule has 1 aliphatic carbocycles. The lowest BCUT2D eigenvalue weighted by atomic mass is 9.81. The Morgan fingerprint density at radius 1 is 0.600 bits per heavy atom. The molecule has 0 saturated heterocycles. The van der Waals surface area contributed by atoms with Gasteiger partial charge in [0.1, 0.15) is 11.7 Å². The van der Waals surface area contributed by atoms with Crippen LogP contribution in [0.3, 0.4) is 0 Å². The molecule has 3 nitrogen and oxygen atoms in total. The van der Waals surface area contributed by atoms with Crippen molar-refractivity contribution < 1.29 is 0 Å². The lowest BCUT2D eigenvalue weighted by molar-refractivity contribution is 0.622. The van der Waals surface area contributed by atoms with Gasteiger partial charge in [-0.2, -0.15) is 0 Å². The minimum Gasteiger partial charge on any atom is -0.314 e. The van der Waals surface area contributed by atoms with Gasteiger partial charge in [0.05, 0.1) is 0 Å². The monoisotopic (exact) mass is 773 g/mol. The van der Waals surface area contributed by atoms with Crippen molar-refractivity contribution in [3.63, 3.8) is 0 Å². The summed E-state index contributed by atoms with van der Waals surface area (Å²) in [4.78, 5) is 9.84. The van der Waals surface area contributed by atoms with Crippen molar-refractivity contribution in [3.8, 4) is 33.4 Å². The highest BCUT2D eigenvalue weighted by molar-refractivity contribution is 6.12. The summed E-state index contributed by atoms with van der Waals surface area (Å²) in [5.74, 6) is 1.38. The van der Waals surface area contributed by atoms with Crippen LogP contribution in [0.1, 0.15) is 18.1 Å². The Morgan fingerprint density at radius 3 is 1.70 bits per heavy atom. The Kier molecular flexibility index (Phi) is 11.7. The van der Waals surface area contributed by atoms with Gasteiger partial charge < -0.3 is 4.90 Å². The molecule has 0 unspecified atom stereocenters. The summed E-state index contributed by atoms with van der Waals surface area (Å²) >= 11 is 0. The largest absolute Gasteiger partial charge is 0.314 e. The molecule has 0 aromatic heterocycles. The Hall–Kier alpha value is -7.62. The average molecular weight is 774 g/mol. The highest BCUT2D eigenvalue weighted by Gasteiger charge is 2.22. The number of fused-ring (bicyclic) bond motifs is 5. The molecule has 290 valence electrons. The molecule has 0 atom stereocenters. The van der Waals surface area contributed by atoms with E-state index in [9.17, 15) is 0 Å². The van der Waals surface area contributed by atoms with Crippen LogP contribution in [0.2, 0.25) is 0 Å². The summed E-state index contributed by atoms with van der Waals surface area (Å²) < 4.78 is 0. The van der Waals surface area contributed by atoms with E-state index in [1.807, 2.05) is 20.0 Å². The first-order chi connectivity index (χ1) is 29.5. The summed E-state index contributed by atoms with van der Waals surface area (Å²) in [7, 11) is 1.84. The summed E-state index contributed by atoms with van der Waals surface area (Å²) in [5.41, 5.74) is 10.3. The molecule has 8 aromatic carbocycles. The van der Waals surface area contributed by atoms with Crippen LogP contribution in [0.5, 0.6) is 0 Å². The van der Waals surface area contributed by atoms with Gasteiger partial charge in [0.25, 0.3) is 0 Å². The van der Waals surface area contributed by atoms with Gasteiger partial charge in [-0.25, -0.2) is 9.98 Å². The quantitative estimate of drug-likeness (QED) is 0.0858. The maximum atomic E-state index is 4.19. The summed E-state index contributed by atoms with van der Waals surface area (Å²) in [5, 5.41) is 10.2. The molecule has 1 aliphatic rings. The van der Waals surface area contributed by atoms with Gasteiger partial charge >= 0.3 is 0 Å². The van der Waals surface area contributed by atoms with Crippen LogP contribution < -0.4 is 0 Å². The van der Waals surface area contributed by atoms with E-state index in [1.165, 1.54) is 87.6 Å². The van der Waals surface area contributed by atoms with Crippen molar-refractivity contribution in [2.75, 3.05) is 7.05 Å². The fraction of sp³-hybridized carbons (Fsp3) is 0.0526. The van der Waals surface area contributed by atoms with Crippen LogP contribution in [0.15, 0.2) is 223 Å². The third-order valence-electron chi connectivity index (χ3n) is 11.1. The number of nitrogens with zero attached hydrogens (tertiary/aromatic N) is 3. The van der Waals surface area contributed by atoms with Crippen LogP contribution in [0, 0.1) is 0 Å². The van der Waals surface area contributed by atoms with Crippen LogP contribution in [-0.4, -0.2) is 24.5 Å². The molecule has 0 spiro atoms. The predicted molar refractivity (Wildman–Crippen MR) is 263 cm³/mol. The molecule has 9 rings (SSSR count). The average Bonchev–Trinajstić information content (AvgIpc) is 3.55. The molecule has 8 aromatic rings. The van der Waals surface area contributed by atoms with Crippen molar-refractivity contribution >= 4 is 61.7 Å². The van der Waals surface area contributed by atoms with Crippen molar-refractivity contribution in [2.24, 2.45) is 9.98 Å². The van der Waals surface area contributed by atoms with Crippen molar-refractivity contribution in [1.29, 1.82) is 0 Å². The normalized spacial score (nSPS) is 12.6. The minimum atomic E-state index is 0.674. The smallest absolute Gasteiger partial charge is 0.133 e. The number of allylic oxidation sites excluding steroid dienone is 6.